The molecule has 9 nitrogen and oxygen atoms in total. The topological polar surface area (TPSA) is 115 Å². The van der Waals surface area contributed by atoms with Crippen LogP contribution >= 0.6 is 0 Å². The number of rotatable bonds is 6. The number of imidazole rings is 1. The number of aliphatic hydroxyl groups is 1. The highest BCUT2D eigenvalue weighted by molar-refractivity contribution is 5.98. The van der Waals surface area contributed by atoms with Crippen molar-refractivity contribution in [1.29, 1.82) is 0 Å². The number of amidine groups is 1. The van der Waals surface area contributed by atoms with E-state index in [0.717, 1.165) is 53.8 Å². The summed E-state index contributed by atoms with van der Waals surface area (Å²) in [5.74, 6) is 2.70. The number of aromatic nitrogens is 4. The molecule has 5 rings (SSSR count). The maximum absolute atomic E-state index is 9.29. The number of anilines is 1. The lowest BCUT2D eigenvalue weighted by molar-refractivity contribution is 0.121. The zero-order valence-electron chi connectivity index (χ0n) is 20.7. The van der Waals surface area contributed by atoms with Gasteiger partial charge < -0.3 is 25.0 Å². The molecule has 1 aromatic carbocycles. The monoisotopic (exact) mass is 477 g/mol. The van der Waals surface area contributed by atoms with Crippen LogP contribution in [0.5, 0.6) is 0 Å². The maximum Gasteiger partial charge on any atom is 0.208 e. The van der Waals surface area contributed by atoms with Crippen molar-refractivity contribution >= 4 is 22.9 Å². The van der Waals surface area contributed by atoms with Crippen LogP contribution in [0.15, 0.2) is 29.3 Å². The van der Waals surface area contributed by atoms with Crippen LogP contribution < -0.4 is 10.6 Å². The lowest BCUT2D eigenvalue weighted by Gasteiger charge is -2.31. The third kappa shape index (κ3) is 5.01. The molecule has 3 aromatic rings. The zero-order valence-corrected chi connectivity index (χ0v) is 20.7. The minimum Gasteiger partial charge on any atom is -0.381 e. The van der Waals surface area contributed by atoms with Crippen LogP contribution in [-0.2, 0) is 11.3 Å². The first-order valence-electron chi connectivity index (χ1n) is 12.6. The third-order valence-electron chi connectivity index (χ3n) is 7.21. The quantitative estimate of drug-likeness (QED) is 0.414. The van der Waals surface area contributed by atoms with Crippen LogP contribution in [0.25, 0.3) is 22.4 Å². The molecule has 35 heavy (non-hydrogen) atoms. The number of nitrogens with zero attached hydrogens (tertiary/aromatic N) is 6. The summed E-state index contributed by atoms with van der Waals surface area (Å²) in [5, 5.41) is 9.29. The number of hydrogen-bond donors (Lipinski definition) is 2. The molecule has 2 aliphatic rings. The van der Waals surface area contributed by atoms with Gasteiger partial charge in [-0.1, -0.05) is 43.5 Å². The molecule has 3 N–H and O–H groups in total. The van der Waals surface area contributed by atoms with Crippen molar-refractivity contribution in [1.82, 2.24) is 19.5 Å². The minimum atomic E-state index is -0.416. The lowest BCUT2D eigenvalue weighted by atomic mass is 9.83. The summed E-state index contributed by atoms with van der Waals surface area (Å²) >= 11 is 0. The van der Waals surface area contributed by atoms with Gasteiger partial charge in [-0.25, -0.2) is 15.0 Å². The van der Waals surface area contributed by atoms with E-state index in [1.807, 2.05) is 6.07 Å². The smallest absolute Gasteiger partial charge is 0.208 e. The summed E-state index contributed by atoms with van der Waals surface area (Å²) in [4.78, 5) is 20.9. The summed E-state index contributed by atoms with van der Waals surface area (Å²) in [5.41, 5.74) is 10.6. The van der Waals surface area contributed by atoms with Gasteiger partial charge in [0.1, 0.15) is 17.9 Å². The summed E-state index contributed by atoms with van der Waals surface area (Å²) < 4.78 is 7.95. The first-order valence-corrected chi connectivity index (χ1v) is 12.6. The van der Waals surface area contributed by atoms with Crippen LogP contribution in [0.1, 0.15) is 44.0 Å². The maximum atomic E-state index is 9.29. The number of benzene rings is 1. The summed E-state index contributed by atoms with van der Waals surface area (Å²) in [6.07, 6.45) is 4.98. The van der Waals surface area contributed by atoms with Crippen molar-refractivity contribution in [2.45, 2.75) is 46.1 Å². The van der Waals surface area contributed by atoms with Gasteiger partial charge in [-0.05, 0) is 37.7 Å². The minimum absolute atomic E-state index is 0.104. The zero-order chi connectivity index (χ0) is 24.4. The number of aryl methyl sites for hydroxylation is 1. The molecule has 1 saturated heterocycles. The van der Waals surface area contributed by atoms with Crippen LogP contribution in [0, 0.1) is 18.8 Å². The van der Waals surface area contributed by atoms with Gasteiger partial charge in [-0.3, -0.25) is 0 Å². The third-order valence-corrected chi connectivity index (χ3v) is 7.21. The molecule has 186 valence electrons. The molecule has 2 aromatic heterocycles. The van der Waals surface area contributed by atoms with Crippen LogP contribution in [-0.4, -0.2) is 63.5 Å². The molecular weight excluding hydrogens is 442 g/mol. The first kappa shape index (κ1) is 23.7. The highest BCUT2D eigenvalue weighted by Gasteiger charge is 2.27. The van der Waals surface area contributed by atoms with Crippen LogP contribution in [0.4, 0.5) is 5.95 Å². The summed E-state index contributed by atoms with van der Waals surface area (Å²) in [7, 11) is 0. The van der Waals surface area contributed by atoms with Gasteiger partial charge in [0, 0.05) is 25.2 Å². The second-order valence-corrected chi connectivity index (χ2v) is 9.87. The van der Waals surface area contributed by atoms with E-state index in [9.17, 15) is 5.11 Å². The van der Waals surface area contributed by atoms with E-state index in [1.54, 1.807) is 0 Å². The van der Waals surface area contributed by atoms with Crippen molar-refractivity contribution in [2.24, 2.45) is 22.6 Å². The van der Waals surface area contributed by atoms with Crippen molar-refractivity contribution in [3.8, 4) is 11.3 Å². The Bertz CT molecular complexity index is 1210. The average Bonchev–Trinajstić information content (AvgIpc) is 3.23. The second kappa shape index (κ2) is 10.3. The van der Waals surface area contributed by atoms with Crippen molar-refractivity contribution in [2.75, 3.05) is 37.9 Å². The summed E-state index contributed by atoms with van der Waals surface area (Å²) in [6, 6.07) is 8.30. The lowest BCUT2D eigenvalue weighted by Crippen LogP contribution is -2.38. The highest BCUT2D eigenvalue weighted by atomic mass is 16.5. The fraction of sp³-hybridized carbons (Fsp3) is 0.538. The molecule has 9 heteroatoms. The van der Waals surface area contributed by atoms with Crippen molar-refractivity contribution < 1.29 is 9.84 Å². The van der Waals surface area contributed by atoms with Gasteiger partial charge in [0.2, 0.25) is 5.95 Å². The van der Waals surface area contributed by atoms with Crippen molar-refractivity contribution in [3.63, 3.8) is 0 Å². The van der Waals surface area contributed by atoms with E-state index in [2.05, 4.69) is 46.5 Å². The number of aliphatic imine (C=N–C) groups is 1. The predicted octanol–water partition coefficient (Wildman–Crippen LogP) is 3.12. The molecule has 0 atom stereocenters. The molecule has 2 fully saturated rings. The average molecular weight is 478 g/mol. The SMILES string of the molecule is Cc1cccc(-c2nc(C(N)=NCO)nc3nc(N4CCOCC4)n(CC4CCC(C)CC4)c23)c1. The van der Waals surface area contributed by atoms with Gasteiger partial charge in [0.25, 0.3) is 0 Å². The number of ether oxygens (including phenoxy) is 1. The molecule has 0 spiro atoms. The standard InChI is InChI=1S/C26H35N7O2/c1-17-6-8-19(9-7-17)15-33-22-21(20-5-3-4-18(2)14-20)29-25(23(27)28-16-34)30-24(22)31-26(33)32-10-12-35-13-11-32/h3-5,14,17,19,34H,6-13,15-16H2,1-2H3,(H2,27,28). The van der Waals surface area contributed by atoms with Crippen LogP contribution in [0.3, 0.4) is 0 Å². The Hall–Kier alpha value is -3.04. The largest absolute Gasteiger partial charge is 0.381 e. The van der Waals surface area contributed by atoms with Gasteiger partial charge in [-0.2, -0.15) is 4.98 Å². The molecule has 0 amide bonds. The van der Waals surface area contributed by atoms with E-state index in [4.69, 9.17) is 25.4 Å². The number of morpholine rings is 1. The number of nitrogens with two attached hydrogens (primary N) is 1. The van der Waals surface area contributed by atoms with Gasteiger partial charge in [0.05, 0.1) is 13.2 Å². The summed E-state index contributed by atoms with van der Waals surface area (Å²) in [6.45, 7) is 7.84. The molecule has 0 unspecified atom stereocenters. The van der Waals surface area contributed by atoms with Crippen LogP contribution in [0.2, 0.25) is 0 Å². The molecule has 3 heterocycles. The Labute approximate surface area is 206 Å². The van der Waals surface area contributed by atoms with E-state index in [0.29, 0.717) is 24.8 Å². The van der Waals surface area contributed by atoms with Crippen molar-refractivity contribution in [3.05, 3.63) is 35.7 Å². The second-order valence-electron chi connectivity index (χ2n) is 9.87. The molecule has 0 bridgehead atoms. The molecule has 1 saturated carbocycles. The van der Waals surface area contributed by atoms with E-state index < -0.39 is 6.73 Å². The van der Waals surface area contributed by atoms with E-state index in [1.165, 1.54) is 25.7 Å². The Morgan fingerprint density at radius 3 is 2.63 bits per heavy atom. The molecule has 1 aliphatic carbocycles. The number of aliphatic hydroxyl groups excluding tert-OH is 1. The normalized spacial score (nSPS) is 21.6. The predicted molar refractivity (Wildman–Crippen MR) is 137 cm³/mol. The van der Waals surface area contributed by atoms with E-state index >= 15 is 0 Å². The number of fused-ring (bicyclic) bond motifs is 1. The van der Waals surface area contributed by atoms with Gasteiger partial charge >= 0.3 is 0 Å². The highest BCUT2D eigenvalue weighted by Crippen LogP contribution is 2.35. The van der Waals surface area contributed by atoms with Gasteiger partial charge in [0.15, 0.2) is 17.3 Å². The Morgan fingerprint density at radius 1 is 1.14 bits per heavy atom. The Morgan fingerprint density at radius 2 is 1.91 bits per heavy atom. The van der Waals surface area contributed by atoms with Gasteiger partial charge in [-0.15, -0.1) is 0 Å². The molecular formula is C26H35N7O2. The fourth-order valence-corrected chi connectivity index (χ4v) is 5.23. The molecule has 1 aliphatic heterocycles. The fourth-order valence-electron chi connectivity index (χ4n) is 5.23. The number of hydrogen-bond acceptors (Lipinski definition) is 7. The molecule has 0 radical (unpaired) electrons. The first-order chi connectivity index (χ1) is 17.0. The van der Waals surface area contributed by atoms with E-state index in [-0.39, 0.29) is 11.7 Å². The Balaban J connectivity index is 1.71. The Kier molecular flexibility index (Phi) is 6.97.